The van der Waals surface area contributed by atoms with Crippen LogP contribution in [0, 0.1) is 5.41 Å². The van der Waals surface area contributed by atoms with Crippen molar-refractivity contribution in [3.8, 4) is 0 Å². The van der Waals surface area contributed by atoms with E-state index in [2.05, 4.69) is 60.3 Å². The first-order valence-electron chi connectivity index (χ1n) is 10.7. The van der Waals surface area contributed by atoms with Crippen molar-refractivity contribution >= 4 is 7.52 Å². The Balaban J connectivity index is 1.95. The molecular weight excluding hydrogens is 375 g/mol. The number of ether oxygens (including phenoxy) is 2. The van der Waals surface area contributed by atoms with E-state index in [4.69, 9.17) is 14.0 Å². The molecule has 0 amide bonds. The Bertz CT molecular complexity index is 558. The Hall–Kier alpha value is 0.0300. The minimum Gasteiger partial charge on any atom is -0.373 e. The molecule has 0 aliphatic carbocycles. The molecule has 2 fully saturated rings. The second-order valence-corrected chi connectivity index (χ2v) is 13.4. The van der Waals surface area contributed by atoms with Gasteiger partial charge >= 0.3 is 0 Å². The highest BCUT2D eigenvalue weighted by Gasteiger charge is 2.38. The largest absolute Gasteiger partial charge is 0.373 e. The van der Waals surface area contributed by atoms with Crippen molar-refractivity contribution in [1.82, 2.24) is 9.57 Å². The van der Waals surface area contributed by atoms with Gasteiger partial charge in [0.1, 0.15) is 0 Å². The lowest BCUT2D eigenvalue weighted by atomic mass is 9.89. The number of hydrogen-bond acceptors (Lipinski definition) is 5. The van der Waals surface area contributed by atoms with Gasteiger partial charge in [0.05, 0.1) is 31.0 Å². The lowest BCUT2D eigenvalue weighted by Gasteiger charge is -2.44. The zero-order valence-corrected chi connectivity index (χ0v) is 20.4. The van der Waals surface area contributed by atoms with Gasteiger partial charge in [-0.05, 0) is 46.5 Å². The van der Waals surface area contributed by atoms with Crippen LogP contribution in [-0.4, -0.2) is 79.0 Å². The van der Waals surface area contributed by atoms with Crippen molar-refractivity contribution in [2.75, 3.05) is 39.5 Å². The topological polar surface area (TPSA) is 51.2 Å². The minimum atomic E-state index is -2.90. The third-order valence-electron chi connectivity index (χ3n) is 5.44. The fourth-order valence-corrected chi connectivity index (χ4v) is 5.71. The van der Waals surface area contributed by atoms with E-state index in [1.807, 2.05) is 4.67 Å². The molecule has 0 N–H and O–H groups in total. The van der Waals surface area contributed by atoms with E-state index < -0.39 is 7.52 Å². The van der Waals surface area contributed by atoms with Gasteiger partial charge in [-0.15, -0.1) is 0 Å². The molecule has 0 spiro atoms. The molecule has 7 heteroatoms. The summed E-state index contributed by atoms with van der Waals surface area (Å²) in [5.41, 5.74) is 0.264. The third-order valence-corrected chi connectivity index (χ3v) is 7.42. The monoisotopic (exact) mass is 418 g/mol. The van der Waals surface area contributed by atoms with Gasteiger partial charge in [0.15, 0.2) is 0 Å². The van der Waals surface area contributed by atoms with Gasteiger partial charge < -0.3 is 14.0 Å². The maximum Gasteiger partial charge on any atom is 0.269 e. The van der Waals surface area contributed by atoms with Crippen molar-refractivity contribution in [2.45, 2.75) is 91.8 Å². The van der Waals surface area contributed by atoms with Crippen LogP contribution >= 0.6 is 7.52 Å². The first-order chi connectivity index (χ1) is 12.7. The molecule has 166 valence electrons. The predicted octanol–water partition coefficient (Wildman–Crippen LogP) is 4.24. The Morgan fingerprint density at radius 2 is 1.50 bits per heavy atom. The van der Waals surface area contributed by atoms with E-state index in [9.17, 15) is 4.57 Å². The summed E-state index contributed by atoms with van der Waals surface area (Å²) in [4.78, 5) is 2.42. The van der Waals surface area contributed by atoms with Crippen molar-refractivity contribution < 1.29 is 18.6 Å². The molecular formula is C21H43N2O4P. The molecule has 0 aromatic carbocycles. The molecule has 2 rings (SSSR count). The molecule has 28 heavy (non-hydrogen) atoms. The Labute approximate surface area is 172 Å². The maximum atomic E-state index is 13.4. The highest BCUT2D eigenvalue weighted by Crippen LogP contribution is 2.49. The predicted molar refractivity (Wildman–Crippen MR) is 115 cm³/mol. The molecule has 0 bridgehead atoms. The summed E-state index contributed by atoms with van der Waals surface area (Å²) in [6.45, 7) is 22.6. The summed E-state index contributed by atoms with van der Waals surface area (Å²) >= 11 is 0. The van der Waals surface area contributed by atoms with Crippen LogP contribution in [0.15, 0.2) is 0 Å². The zero-order valence-electron chi connectivity index (χ0n) is 19.5. The van der Waals surface area contributed by atoms with Gasteiger partial charge in [-0.3, -0.25) is 9.46 Å². The normalized spacial score (nSPS) is 33.6. The summed E-state index contributed by atoms with van der Waals surface area (Å²) in [5.74, 6) is 0. The van der Waals surface area contributed by atoms with Crippen LogP contribution in [0.5, 0.6) is 0 Å². The lowest BCUT2D eigenvalue weighted by Crippen LogP contribution is -2.55. The van der Waals surface area contributed by atoms with Crippen LogP contribution in [0.4, 0.5) is 0 Å². The molecule has 5 atom stereocenters. The molecule has 5 unspecified atom stereocenters. The first kappa shape index (κ1) is 24.3. The second-order valence-electron chi connectivity index (χ2n) is 10.9. The zero-order chi connectivity index (χ0) is 21.3. The number of morpholine rings is 2. The van der Waals surface area contributed by atoms with Gasteiger partial charge in [-0.1, -0.05) is 20.8 Å². The second kappa shape index (κ2) is 9.03. The molecule has 2 aliphatic heterocycles. The molecule has 0 saturated carbocycles. The summed E-state index contributed by atoms with van der Waals surface area (Å²) < 4.78 is 33.6. The quantitative estimate of drug-likeness (QED) is 0.623. The summed E-state index contributed by atoms with van der Waals surface area (Å²) in [5, 5.41) is 0. The molecule has 2 saturated heterocycles. The standard InChI is InChI=1S/C21H43N2O4P/c1-16-11-22(21(6,7)8)13-19(27-16)15-25-28(9,24)23-12-17(2)26-18(14-23)10-20(3,4)5/h16-19H,10-15H2,1-9H3. The molecule has 0 aromatic heterocycles. The van der Waals surface area contributed by atoms with Crippen LogP contribution in [0.2, 0.25) is 0 Å². The fraction of sp³-hybridized carbons (Fsp3) is 1.00. The molecule has 0 aromatic rings. The average Bonchev–Trinajstić information content (AvgIpc) is 2.49. The minimum absolute atomic E-state index is 0.0555. The van der Waals surface area contributed by atoms with Crippen molar-refractivity contribution in [2.24, 2.45) is 5.41 Å². The summed E-state index contributed by atoms with van der Waals surface area (Å²) in [6.07, 6.45) is 1.18. The molecule has 0 radical (unpaired) electrons. The van der Waals surface area contributed by atoms with Crippen LogP contribution in [0.1, 0.15) is 61.8 Å². The Morgan fingerprint density at radius 3 is 2.07 bits per heavy atom. The Morgan fingerprint density at radius 1 is 0.929 bits per heavy atom. The van der Waals surface area contributed by atoms with Gasteiger partial charge in [0.2, 0.25) is 0 Å². The summed E-state index contributed by atoms with van der Waals surface area (Å²) in [6, 6.07) is 0. The van der Waals surface area contributed by atoms with E-state index in [0.29, 0.717) is 19.7 Å². The van der Waals surface area contributed by atoms with Crippen molar-refractivity contribution in [3.05, 3.63) is 0 Å². The van der Waals surface area contributed by atoms with Gasteiger partial charge in [-0.2, -0.15) is 0 Å². The maximum absolute atomic E-state index is 13.4. The van der Waals surface area contributed by atoms with Crippen LogP contribution in [0.25, 0.3) is 0 Å². The SMILES string of the molecule is CC1CN(C(C)(C)C)CC(COP(C)(=O)N2CC(C)OC(CC(C)(C)C)C2)O1. The van der Waals surface area contributed by atoms with E-state index >= 15 is 0 Å². The summed E-state index contributed by atoms with van der Waals surface area (Å²) in [7, 11) is -2.90. The van der Waals surface area contributed by atoms with E-state index in [1.54, 1.807) is 6.66 Å². The van der Waals surface area contributed by atoms with Crippen LogP contribution < -0.4 is 0 Å². The first-order valence-corrected chi connectivity index (χ1v) is 12.7. The number of hydrogen-bond donors (Lipinski definition) is 0. The van der Waals surface area contributed by atoms with Crippen LogP contribution in [-0.2, 0) is 18.6 Å². The average molecular weight is 419 g/mol. The molecule has 2 aliphatic rings. The number of nitrogens with zero attached hydrogens (tertiary/aromatic N) is 2. The molecule has 2 heterocycles. The van der Waals surface area contributed by atoms with E-state index in [0.717, 1.165) is 19.5 Å². The fourth-order valence-electron chi connectivity index (χ4n) is 4.10. The highest BCUT2D eigenvalue weighted by atomic mass is 31.2. The number of rotatable bonds is 5. The third kappa shape index (κ3) is 7.37. The van der Waals surface area contributed by atoms with Gasteiger partial charge in [0.25, 0.3) is 7.52 Å². The van der Waals surface area contributed by atoms with Gasteiger partial charge in [0, 0.05) is 38.4 Å². The van der Waals surface area contributed by atoms with Crippen molar-refractivity contribution in [3.63, 3.8) is 0 Å². The molecule has 6 nitrogen and oxygen atoms in total. The Kier molecular flexibility index (Phi) is 7.84. The van der Waals surface area contributed by atoms with Gasteiger partial charge in [-0.25, -0.2) is 4.67 Å². The van der Waals surface area contributed by atoms with E-state index in [-0.39, 0.29) is 35.4 Å². The highest BCUT2D eigenvalue weighted by molar-refractivity contribution is 7.55. The van der Waals surface area contributed by atoms with E-state index in [1.165, 1.54) is 0 Å². The van der Waals surface area contributed by atoms with Crippen molar-refractivity contribution in [1.29, 1.82) is 0 Å². The van der Waals surface area contributed by atoms with Crippen LogP contribution in [0.3, 0.4) is 0 Å². The smallest absolute Gasteiger partial charge is 0.269 e. The lowest BCUT2D eigenvalue weighted by molar-refractivity contribution is -0.114.